The summed E-state index contributed by atoms with van der Waals surface area (Å²) >= 11 is 11.8. The summed E-state index contributed by atoms with van der Waals surface area (Å²) in [6, 6.07) is 14.1. The van der Waals surface area contributed by atoms with Gasteiger partial charge in [0.1, 0.15) is 0 Å². The third-order valence-corrected chi connectivity index (χ3v) is 3.79. The minimum atomic E-state index is -0.101. The molecular weight excluding hydrogens is 293 g/mol. The zero-order valence-corrected chi connectivity index (χ0v) is 11.8. The molecule has 0 radical (unpaired) electrons. The van der Waals surface area contributed by atoms with Crippen molar-refractivity contribution in [1.29, 1.82) is 0 Å². The van der Waals surface area contributed by atoms with Crippen molar-refractivity contribution >= 4 is 39.9 Å². The second-order valence-corrected chi connectivity index (χ2v) is 5.18. The van der Waals surface area contributed by atoms with Crippen LogP contribution in [0, 0.1) is 0 Å². The number of hydrogen-bond acceptors (Lipinski definition) is 2. The van der Waals surface area contributed by atoms with Crippen LogP contribution in [0.2, 0.25) is 10.0 Å². The highest BCUT2D eigenvalue weighted by Crippen LogP contribution is 2.24. The quantitative estimate of drug-likeness (QED) is 0.638. The van der Waals surface area contributed by atoms with Gasteiger partial charge in [-0.15, -0.1) is 0 Å². The molecule has 0 bridgehead atoms. The molecule has 2 aromatic carbocycles. The molecule has 0 saturated carbocycles. The molecular formula is C16H9Cl2NO. The number of nitrogens with zero attached hydrogens (tertiary/aromatic N) is 1. The van der Waals surface area contributed by atoms with Gasteiger partial charge in [0, 0.05) is 22.7 Å². The average molecular weight is 302 g/mol. The van der Waals surface area contributed by atoms with Gasteiger partial charge in [0.05, 0.1) is 15.6 Å². The van der Waals surface area contributed by atoms with E-state index in [9.17, 15) is 4.79 Å². The number of carbonyl (C=O) groups is 1. The standard InChI is InChI=1S/C16H9Cl2NO/c17-13-6-5-11(8-14(13)18)16(20)12-4-3-10-2-1-7-19-15(10)9-12/h1-9H. The molecule has 0 aliphatic rings. The Morgan fingerprint density at radius 1 is 0.900 bits per heavy atom. The van der Waals surface area contributed by atoms with Crippen LogP contribution in [0.5, 0.6) is 0 Å². The maximum absolute atomic E-state index is 12.4. The molecule has 1 aromatic heterocycles. The predicted octanol–water partition coefficient (Wildman–Crippen LogP) is 4.77. The molecule has 20 heavy (non-hydrogen) atoms. The highest BCUT2D eigenvalue weighted by atomic mass is 35.5. The Hall–Kier alpha value is -1.90. The molecule has 0 amide bonds. The Balaban J connectivity index is 2.05. The van der Waals surface area contributed by atoms with Gasteiger partial charge < -0.3 is 0 Å². The van der Waals surface area contributed by atoms with Gasteiger partial charge in [0.15, 0.2) is 5.78 Å². The SMILES string of the molecule is O=C(c1ccc(Cl)c(Cl)c1)c1ccc2cccnc2c1. The summed E-state index contributed by atoms with van der Waals surface area (Å²) in [5.74, 6) is -0.101. The van der Waals surface area contributed by atoms with Crippen LogP contribution in [0.3, 0.4) is 0 Å². The minimum Gasteiger partial charge on any atom is -0.289 e. The first-order valence-corrected chi connectivity index (χ1v) is 6.75. The van der Waals surface area contributed by atoms with E-state index in [1.165, 1.54) is 0 Å². The van der Waals surface area contributed by atoms with Gasteiger partial charge in [-0.25, -0.2) is 0 Å². The first-order valence-electron chi connectivity index (χ1n) is 6.00. The number of pyridine rings is 1. The van der Waals surface area contributed by atoms with Crippen LogP contribution in [0.25, 0.3) is 10.9 Å². The van der Waals surface area contributed by atoms with E-state index in [2.05, 4.69) is 4.98 Å². The molecule has 98 valence electrons. The van der Waals surface area contributed by atoms with Gasteiger partial charge in [-0.05, 0) is 30.3 Å². The highest BCUT2D eigenvalue weighted by Gasteiger charge is 2.11. The molecule has 0 aliphatic carbocycles. The molecule has 0 aliphatic heterocycles. The Morgan fingerprint density at radius 3 is 2.45 bits per heavy atom. The molecule has 2 nitrogen and oxygen atoms in total. The smallest absolute Gasteiger partial charge is 0.193 e. The molecule has 0 atom stereocenters. The topological polar surface area (TPSA) is 30.0 Å². The van der Waals surface area contributed by atoms with Crippen LogP contribution in [0.4, 0.5) is 0 Å². The number of benzene rings is 2. The minimum absolute atomic E-state index is 0.101. The summed E-state index contributed by atoms with van der Waals surface area (Å²) in [5, 5.41) is 1.80. The van der Waals surface area contributed by atoms with Crippen molar-refractivity contribution in [3.05, 3.63) is 75.9 Å². The van der Waals surface area contributed by atoms with Gasteiger partial charge in [0.2, 0.25) is 0 Å². The number of ketones is 1. The van der Waals surface area contributed by atoms with Crippen LogP contribution in [-0.4, -0.2) is 10.8 Å². The number of aromatic nitrogens is 1. The average Bonchev–Trinajstić information content (AvgIpc) is 2.49. The molecule has 0 N–H and O–H groups in total. The third kappa shape index (κ3) is 2.40. The van der Waals surface area contributed by atoms with Crippen molar-refractivity contribution < 1.29 is 4.79 Å². The van der Waals surface area contributed by atoms with Crippen LogP contribution in [0.1, 0.15) is 15.9 Å². The molecule has 1 heterocycles. The number of halogens is 2. The highest BCUT2D eigenvalue weighted by molar-refractivity contribution is 6.42. The van der Waals surface area contributed by atoms with E-state index in [-0.39, 0.29) is 5.78 Å². The van der Waals surface area contributed by atoms with Crippen molar-refractivity contribution in [2.45, 2.75) is 0 Å². The van der Waals surface area contributed by atoms with E-state index in [1.54, 1.807) is 36.5 Å². The maximum atomic E-state index is 12.4. The molecule has 3 rings (SSSR count). The van der Waals surface area contributed by atoms with Gasteiger partial charge in [-0.2, -0.15) is 0 Å². The first kappa shape index (κ1) is 13.1. The molecule has 0 spiro atoms. The van der Waals surface area contributed by atoms with E-state index >= 15 is 0 Å². The normalized spacial score (nSPS) is 10.7. The summed E-state index contributed by atoms with van der Waals surface area (Å²) < 4.78 is 0. The van der Waals surface area contributed by atoms with Crippen LogP contribution < -0.4 is 0 Å². The monoisotopic (exact) mass is 301 g/mol. The Morgan fingerprint density at radius 2 is 1.65 bits per heavy atom. The van der Waals surface area contributed by atoms with Gasteiger partial charge in [-0.3, -0.25) is 9.78 Å². The number of carbonyl (C=O) groups excluding carboxylic acids is 1. The lowest BCUT2D eigenvalue weighted by Crippen LogP contribution is -2.01. The predicted molar refractivity (Wildman–Crippen MR) is 81.6 cm³/mol. The largest absolute Gasteiger partial charge is 0.289 e. The summed E-state index contributed by atoms with van der Waals surface area (Å²) in [6.07, 6.45) is 1.70. The Bertz CT molecular complexity index is 814. The fraction of sp³-hybridized carbons (Fsp3) is 0. The molecule has 4 heteroatoms. The van der Waals surface area contributed by atoms with Crippen LogP contribution in [-0.2, 0) is 0 Å². The van der Waals surface area contributed by atoms with Gasteiger partial charge in [-0.1, -0.05) is 41.4 Å². The van der Waals surface area contributed by atoms with Crippen LogP contribution >= 0.6 is 23.2 Å². The zero-order valence-electron chi connectivity index (χ0n) is 10.3. The Labute approximate surface area is 126 Å². The molecule has 3 aromatic rings. The molecule has 0 saturated heterocycles. The Kier molecular flexibility index (Phi) is 3.43. The maximum Gasteiger partial charge on any atom is 0.193 e. The summed E-state index contributed by atoms with van der Waals surface area (Å²) in [7, 11) is 0. The van der Waals surface area contributed by atoms with E-state index < -0.39 is 0 Å². The van der Waals surface area contributed by atoms with Crippen molar-refractivity contribution in [1.82, 2.24) is 4.98 Å². The summed E-state index contributed by atoms with van der Waals surface area (Å²) in [6.45, 7) is 0. The lowest BCUT2D eigenvalue weighted by molar-refractivity contribution is 0.103. The second-order valence-electron chi connectivity index (χ2n) is 4.37. The van der Waals surface area contributed by atoms with Crippen molar-refractivity contribution in [3.8, 4) is 0 Å². The summed E-state index contributed by atoms with van der Waals surface area (Å²) in [5.41, 5.74) is 1.88. The molecule has 0 fully saturated rings. The van der Waals surface area contributed by atoms with E-state index in [0.717, 1.165) is 10.9 Å². The van der Waals surface area contributed by atoms with Crippen molar-refractivity contribution in [2.75, 3.05) is 0 Å². The fourth-order valence-corrected chi connectivity index (χ4v) is 2.31. The zero-order chi connectivity index (χ0) is 14.1. The first-order chi connectivity index (χ1) is 9.65. The third-order valence-electron chi connectivity index (χ3n) is 3.05. The second kappa shape index (κ2) is 5.23. The number of fused-ring (bicyclic) bond motifs is 1. The van der Waals surface area contributed by atoms with Gasteiger partial charge >= 0.3 is 0 Å². The van der Waals surface area contributed by atoms with Crippen LogP contribution in [0.15, 0.2) is 54.7 Å². The lowest BCUT2D eigenvalue weighted by Gasteiger charge is -2.04. The lowest BCUT2D eigenvalue weighted by atomic mass is 10.0. The van der Waals surface area contributed by atoms with Crippen molar-refractivity contribution in [2.24, 2.45) is 0 Å². The fourth-order valence-electron chi connectivity index (χ4n) is 2.01. The van der Waals surface area contributed by atoms with Crippen molar-refractivity contribution in [3.63, 3.8) is 0 Å². The van der Waals surface area contributed by atoms with E-state index in [1.807, 2.05) is 18.2 Å². The number of hydrogen-bond donors (Lipinski definition) is 0. The number of rotatable bonds is 2. The molecule has 0 unspecified atom stereocenters. The van der Waals surface area contributed by atoms with Gasteiger partial charge in [0.25, 0.3) is 0 Å². The summed E-state index contributed by atoms with van der Waals surface area (Å²) in [4.78, 5) is 16.7. The van der Waals surface area contributed by atoms with E-state index in [0.29, 0.717) is 21.2 Å². The van der Waals surface area contributed by atoms with E-state index in [4.69, 9.17) is 23.2 Å².